The highest BCUT2D eigenvalue weighted by Gasteiger charge is 2.39. The van der Waals surface area contributed by atoms with Gasteiger partial charge in [0.25, 0.3) is 0 Å². The van der Waals surface area contributed by atoms with Gasteiger partial charge in [-0.05, 0) is 25.1 Å². The van der Waals surface area contributed by atoms with Crippen molar-refractivity contribution in [2.45, 2.75) is 38.5 Å². The predicted octanol–water partition coefficient (Wildman–Crippen LogP) is 3.44. The summed E-state index contributed by atoms with van der Waals surface area (Å²) in [6.07, 6.45) is -1.26. The van der Waals surface area contributed by atoms with Crippen LogP contribution in [0.3, 0.4) is 0 Å². The molecule has 1 amide bonds. The third-order valence-corrected chi connectivity index (χ3v) is 6.48. The van der Waals surface area contributed by atoms with Gasteiger partial charge in [0.05, 0.1) is 28.3 Å². The first-order chi connectivity index (χ1) is 17.1. The molecule has 2 atom stereocenters. The van der Waals surface area contributed by atoms with Crippen molar-refractivity contribution in [3.8, 4) is 0 Å². The Balaban J connectivity index is 1.78. The topological polar surface area (TPSA) is 109 Å². The normalized spacial score (nSPS) is 17.4. The number of amides is 1. The molecule has 1 aliphatic heterocycles. The summed E-state index contributed by atoms with van der Waals surface area (Å²) in [4.78, 5) is 48.8. The van der Waals surface area contributed by atoms with Crippen LogP contribution in [0.15, 0.2) is 36.4 Å². The van der Waals surface area contributed by atoms with Gasteiger partial charge in [-0.1, -0.05) is 29.8 Å². The van der Waals surface area contributed by atoms with Gasteiger partial charge >= 0.3 is 5.97 Å². The maximum Gasteiger partial charge on any atom is 0.335 e. The van der Waals surface area contributed by atoms with Crippen LogP contribution in [0.25, 0.3) is 10.9 Å². The van der Waals surface area contributed by atoms with Crippen molar-refractivity contribution in [1.29, 1.82) is 0 Å². The first-order valence-electron chi connectivity index (χ1n) is 11.1. The van der Waals surface area contributed by atoms with E-state index in [4.69, 9.17) is 11.6 Å². The number of hydrogen-bond acceptors (Lipinski definition) is 5. The number of alkyl halides is 1. The zero-order valence-electron chi connectivity index (χ0n) is 19.1. The SMILES string of the molecule is CC(=O)c1c(CC=O)n(N2CC(F)CC2C(=O)NCc2cccc(Cl)c2F)c2cc(C(=O)O)ccc12. The molecule has 0 aliphatic carbocycles. The van der Waals surface area contributed by atoms with Crippen molar-refractivity contribution < 1.29 is 33.1 Å². The molecular formula is C25H22ClF2N3O5. The third kappa shape index (κ3) is 4.56. The highest BCUT2D eigenvalue weighted by atomic mass is 35.5. The first kappa shape index (κ1) is 25.3. The Morgan fingerprint density at radius 3 is 2.67 bits per heavy atom. The summed E-state index contributed by atoms with van der Waals surface area (Å²) in [6, 6.07) is 7.40. The summed E-state index contributed by atoms with van der Waals surface area (Å²) in [5, 5.41) is 13.7. The Hall–Kier alpha value is -3.79. The molecule has 1 fully saturated rings. The molecule has 0 bridgehead atoms. The molecule has 3 aromatic rings. The quantitative estimate of drug-likeness (QED) is 0.350. The van der Waals surface area contributed by atoms with Crippen molar-refractivity contribution in [2.24, 2.45) is 0 Å². The molecule has 2 unspecified atom stereocenters. The van der Waals surface area contributed by atoms with Gasteiger partial charge in [-0.15, -0.1) is 0 Å². The van der Waals surface area contributed by atoms with E-state index in [0.29, 0.717) is 11.7 Å². The summed E-state index contributed by atoms with van der Waals surface area (Å²) in [6.45, 7) is 0.875. The number of nitrogens with zero attached hydrogens (tertiary/aromatic N) is 2. The number of fused-ring (bicyclic) bond motifs is 1. The Labute approximate surface area is 209 Å². The summed E-state index contributed by atoms with van der Waals surface area (Å²) in [5.41, 5.74) is 0.738. The van der Waals surface area contributed by atoms with E-state index in [1.54, 1.807) is 0 Å². The molecule has 2 N–H and O–H groups in total. The Morgan fingerprint density at radius 1 is 1.25 bits per heavy atom. The molecule has 2 aromatic carbocycles. The number of carbonyl (C=O) groups excluding carboxylic acids is 3. The molecule has 1 aromatic heterocycles. The van der Waals surface area contributed by atoms with E-state index in [0.717, 1.165) is 0 Å². The highest BCUT2D eigenvalue weighted by Crippen LogP contribution is 2.32. The van der Waals surface area contributed by atoms with Crippen LogP contribution in [0.1, 0.15) is 45.3 Å². The van der Waals surface area contributed by atoms with Gasteiger partial charge in [0.15, 0.2) is 5.78 Å². The third-order valence-electron chi connectivity index (χ3n) is 6.18. The van der Waals surface area contributed by atoms with E-state index in [2.05, 4.69) is 5.32 Å². The average molecular weight is 518 g/mol. The molecule has 188 valence electrons. The molecule has 2 heterocycles. The lowest BCUT2D eigenvalue weighted by Gasteiger charge is -2.29. The van der Waals surface area contributed by atoms with Gasteiger partial charge in [0.2, 0.25) is 5.91 Å². The summed E-state index contributed by atoms with van der Waals surface area (Å²) >= 11 is 5.80. The number of ketones is 1. The molecule has 0 spiro atoms. The van der Waals surface area contributed by atoms with Gasteiger partial charge in [-0.25, -0.2) is 13.6 Å². The van der Waals surface area contributed by atoms with Crippen LogP contribution in [0.2, 0.25) is 5.02 Å². The summed E-state index contributed by atoms with van der Waals surface area (Å²) < 4.78 is 30.4. The number of carboxylic acids is 1. The highest BCUT2D eigenvalue weighted by molar-refractivity contribution is 6.30. The van der Waals surface area contributed by atoms with Gasteiger partial charge < -0.3 is 15.2 Å². The van der Waals surface area contributed by atoms with Crippen molar-refractivity contribution in [1.82, 2.24) is 9.99 Å². The number of carboxylic acid groups (broad SMARTS) is 1. The predicted molar refractivity (Wildman–Crippen MR) is 128 cm³/mol. The number of rotatable bonds is 8. The second-order valence-corrected chi connectivity index (χ2v) is 8.91. The fourth-order valence-corrected chi connectivity index (χ4v) is 4.82. The number of hydrogen-bond donors (Lipinski definition) is 2. The van der Waals surface area contributed by atoms with E-state index < -0.39 is 29.9 Å². The average Bonchev–Trinajstić information content (AvgIpc) is 3.36. The Bertz CT molecular complexity index is 1390. The van der Waals surface area contributed by atoms with E-state index in [1.807, 2.05) is 0 Å². The second-order valence-electron chi connectivity index (χ2n) is 8.50. The maximum atomic E-state index is 14.7. The Morgan fingerprint density at radius 2 is 2.00 bits per heavy atom. The zero-order chi connectivity index (χ0) is 26.1. The molecule has 4 rings (SSSR count). The molecular weight excluding hydrogens is 496 g/mol. The van der Waals surface area contributed by atoms with Crippen LogP contribution in [-0.4, -0.2) is 52.5 Å². The number of halogens is 3. The van der Waals surface area contributed by atoms with E-state index in [9.17, 15) is 33.1 Å². The van der Waals surface area contributed by atoms with Crippen molar-refractivity contribution in [2.75, 3.05) is 11.6 Å². The number of nitrogens with one attached hydrogen (secondary N) is 1. The Kier molecular flexibility index (Phi) is 7.07. The lowest BCUT2D eigenvalue weighted by Crippen LogP contribution is -2.49. The molecule has 8 nitrogen and oxygen atoms in total. The van der Waals surface area contributed by atoms with Crippen molar-refractivity contribution >= 4 is 46.4 Å². The number of aromatic carboxylic acids is 1. The smallest absolute Gasteiger partial charge is 0.335 e. The minimum atomic E-state index is -1.42. The fraction of sp³-hybridized carbons (Fsp3) is 0.280. The first-order valence-corrected chi connectivity index (χ1v) is 11.5. The van der Waals surface area contributed by atoms with Crippen LogP contribution in [0.5, 0.6) is 0 Å². The van der Waals surface area contributed by atoms with Gasteiger partial charge in [-0.2, -0.15) is 0 Å². The standard InChI is InChI=1S/C25H22ClF2N3O5/c1-13(33)22-17-6-5-14(25(35)36)9-20(17)31(19(22)7-8-32)30-12-16(27)10-21(30)24(34)29-11-15-3-2-4-18(26)23(15)28/h2-6,8-9,16,21H,7,10-12H2,1H3,(H,29,34)(H,35,36). The molecule has 36 heavy (non-hydrogen) atoms. The number of aldehydes is 1. The van der Waals surface area contributed by atoms with E-state index >= 15 is 0 Å². The largest absolute Gasteiger partial charge is 0.478 e. The zero-order valence-corrected chi connectivity index (χ0v) is 19.9. The molecule has 11 heteroatoms. The van der Waals surface area contributed by atoms with Crippen LogP contribution in [-0.2, 0) is 22.6 Å². The minimum Gasteiger partial charge on any atom is -0.478 e. The minimum absolute atomic E-state index is 0.0811. The lowest BCUT2D eigenvalue weighted by molar-refractivity contribution is -0.122. The summed E-state index contributed by atoms with van der Waals surface area (Å²) in [5.74, 6) is -2.86. The van der Waals surface area contributed by atoms with Crippen LogP contribution in [0, 0.1) is 5.82 Å². The molecule has 1 saturated heterocycles. The monoisotopic (exact) mass is 517 g/mol. The van der Waals surface area contributed by atoms with Crippen molar-refractivity contribution in [3.63, 3.8) is 0 Å². The van der Waals surface area contributed by atoms with E-state index in [1.165, 1.54) is 53.0 Å². The molecule has 0 saturated carbocycles. The fourth-order valence-electron chi connectivity index (χ4n) is 4.63. The van der Waals surface area contributed by atoms with Crippen LogP contribution >= 0.6 is 11.6 Å². The van der Waals surface area contributed by atoms with Gasteiger partial charge in [0, 0.05) is 35.9 Å². The molecule has 0 radical (unpaired) electrons. The summed E-state index contributed by atoms with van der Waals surface area (Å²) in [7, 11) is 0. The lowest BCUT2D eigenvalue weighted by atomic mass is 10.0. The number of aromatic nitrogens is 1. The second kappa shape index (κ2) is 10.1. The van der Waals surface area contributed by atoms with Crippen molar-refractivity contribution in [3.05, 3.63) is 69.6 Å². The molecule has 1 aliphatic rings. The number of Topliss-reactive ketones (excluding diaryl/α,β-unsaturated/α-hetero) is 1. The number of carbonyl (C=O) groups is 4. The van der Waals surface area contributed by atoms with Gasteiger partial charge in [-0.3, -0.25) is 19.3 Å². The maximum absolute atomic E-state index is 14.7. The number of benzene rings is 2. The van der Waals surface area contributed by atoms with Crippen LogP contribution in [0.4, 0.5) is 8.78 Å². The van der Waals surface area contributed by atoms with Crippen LogP contribution < -0.4 is 10.3 Å². The van der Waals surface area contributed by atoms with Gasteiger partial charge in [0.1, 0.15) is 24.3 Å². The van der Waals surface area contributed by atoms with E-state index in [-0.39, 0.29) is 64.6 Å².